The predicted molar refractivity (Wildman–Crippen MR) is 67.4 cm³/mol. The lowest BCUT2D eigenvalue weighted by atomic mass is 10.3. The van der Waals surface area contributed by atoms with Gasteiger partial charge >= 0.3 is 11.7 Å². The number of hydrogen-bond donors (Lipinski definition) is 0. The van der Waals surface area contributed by atoms with E-state index in [1.54, 1.807) is 0 Å². The van der Waals surface area contributed by atoms with Crippen LogP contribution in [0, 0.1) is 15.9 Å². The van der Waals surface area contributed by atoms with Gasteiger partial charge in [-0.1, -0.05) is 0 Å². The highest BCUT2D eigenvalue weighted by Gasteiger charge is 2.17. The number of nitro groups is 1. The lowest BCUT2D eigenvalue weighted by Crippen LogP contribution is -2.00. The van der Waals surface area contributed by atoms with Crippen LogP contribution in [-0.2, 0) is 11.3 Å². The minimum atomic E-state index is -0.750. The summed E-state index contributed by atoms with van der Waals surface area (Å²) in [5, 5.41) is 10.8. The molecule has 0 unspecified atom stereocenters. The average Bonchev–Trinajstić information content (AvgIpc) is 2.93. The number of nitrogens with zero attached hydrogens (tertiary/aromatic N) is 1. The number of ether oxygens (including phenoxy) is 2. The van der Waals surface area contributed by atoms with Gasteiger partial charge in [0.2, 0.25) is 5.76 Å². The molecule has 1 aromatic carbocycles. The Morgan fingerprint density at radius 1 is 1.38 bits per heavy atom. The van der Waals surface area contributed by atoms with Crippen LogP contribution in [-0.4, -0.2) is 18.0 Å². The van der Waals surface area contributed by atoms with Crippen LogP contribution < -0.4 is 4.74 Å². The number of carbonyl (C=O) groups is 1. The zero-order valence-electron chi connectivity index (χ0n) is 10.9. The van der Waals surface area contributed by atoms with Crippen LogP contribution in [0.2, 0.25) is 0 Å². The first-order valence-electron chi connectivity index (χ1n) is 5.75. The van der Waals surface area contributed by atoms with Crippen LogP contribution >= 0.6 is 0 Å². The van der Waals surface area contributed by atoms with E-state index in [1.807, 2.05) is 0 Å². The minimum absolute atomic E-state index is 0.00953. The molecule has 0 N–H and O–H groups in total. The first kappa shape index (κ1) is 14.5. The van der Waals surface area contributed by atoms with Gasteiger partial charge in [-0.15, -0.1) is 0 Å². The summed E-state index contributed by atoms with van der Waals surface area (Å²) in [5.41, 5.74) is -0.491. The number of nitro benzene ring substituents is 1. The van der Waals surface area contributed by atoms with Crippen molar-refractivity contribution in [2.45, 2.75) is 6.61 Å². The summed E-state index contributed by atoms with van der Waals surface area (Å²) in [6.07, 6.45) is 0. The van der Waals surface area contributed by atoms with E-state index in [2.05, 4.69) is 4.74 Å². The monoisotopic (exact) mass is 295 g/mol. The maximum absolute atomic E-state index is 13.0. The fraction of sp³-hybridized carbons (Fsp3) is 0.154. The summed E-state index contributed by atoms with van der Waals surface area (Å²) in [6, 6.07) is 5.82. The highest BCUT2D eigenvalue weighted by Crippen LogP contribution is 2.28. The summed E-state index contributed by atoms with van der Waals surface area (Å²) in [6.45, 7) is -0.149. The Hall–Kier alpha value is -2.90. The van der Waals surface area contributed by atoms with E-state index in [0.717, 1.165) is 18.2 Å². The number of benzene rings is 1. The largest absolute Gasteiger partial charge is 0.479 e. The zero-order chi connectivity index (χ0) is 15.4. The molecule has 2 rings (SSSR count). The molecular weight excluding hydrogens is 285 g/mol. The van der Waals surface area contributed by atoms with Gasteiger partial charge in [0.15, 0.2) is 5.75 Å². The fourth-order valence-electron chi connectivity index (χ4n) is 1.57. The Kier molecular flexibility index (Phi) is 4.17. The second-order valence-corrected chi connectivity index (χ2v) is 3.92. The average molecular weight is 295 g/mol. The van der Waals surface area contributed by atoms with Crippen LogP contribution in [0.15, 0.2) is 34.7 Å². The van der Waals surface area contributed by atoms with Crippen molar-refractivity contribution in [2.75, 3.05) is 7.11 Å². The molecule has 0 aliphatic carbocycles. The molecule has 0 bridgehead atoms. The maximum atomic E-state index is 13.0. The lowest BCUT2D eigenvalue weighted by Gasteiger charge is -2.05. The van der Waals surface area contributed by atoms with Crippen molar-refractivity contribution in [3.8, 4) is 5.75 Å². The molecule has 0 atom stereocenters. The smallest absolute Gasteiger partial charge is 0.373 e. The van der Waals surface area contributed by atoms with E-state index in [0.29, 0.717) is 0 Å². The lowest BCUT2D eigenvalue weighted by molar-refractivity contribution is -0.386. The number of methoxy groups -OCH3 is 1. The van der Waals surface area contributed by atoms with Gasteiger partial charge in [-0.3, -0.25) is 10.1 Å². The number of halogens is 1. The van der Waals surface area contributed by atoms with E-state index in [9.17, 15) is 19.3 Å². The van der Waals surface area contributed by atoms with Gasteiger partial charge in [0.25, 0.3) is 0 Å². The molecule has 0 saturated carbocycles. The SMILES string of the molecule is COC(=O)c1ccc(COc2ccc(F)cc2[N+](=O)[O-])o1. The number of carbonyl (C=O) groups excluding carboxylic acids is 1. The van der Waals surface area contributed by atoms with Crippen LogP contribution in [0.5, 0.6) is 5.75 Å². The zero-order valence-corrected chi connectivity index (χ0v) is 10.9. The molecule has 1 heterocycles. The predicted octanol–water partition coefficient (Wildman–Crippen LogP) is 2.69. The van der Waals surface area contributed by atoms with Gasteiger partial charge in [-0.2, -0.15) is 0 Å². The summed E-state index contributed by atoms with van der Waals surface area (Å²) < 4.78 is 27.8. The van der Waals surface area contributed by atoms with E-state index >= 15 is 0 Å². The Morgan fingerprint density at radius 2 is 2.14 bits per heavy atom. The molecule has 0 amide bonds. The second-order valence-electron chi connectivity index (χ2n) is 3.92. The van der Waals surface area contributed by atoms with Gasteiger partial charge in [-0.05, 0) is 24.3 Å². The van der Waals surface area contributed by atoms with Gasteiger partial charge < -0.3 is 13.9 Å². The molecule has 1 aromatic heterocycles. The molecule has 0 aliphatic heterocycles. The highest BCUT2D eigenvalue weighted by atomic mass is 19.1. The molecule has 110 valence electrons. The van der Waals surface area contributed by atoms with Crippen molar-refractivity contribution in [1.82, 2.24) is 0 Å². The normalized spacial score (nSPS) is 10.2. The number of esters is 1. The van der Waals surface area contributed by atoms with Crippen molar-refractivity contribution in [2.24, 2.45) is 0 Å². The van der Waals surface area contributed by atoms with Crippen LogP contribution in [0.1, 0.15) is 16.3 Å². The number of hydrogen-bond acceptors (Lipinski definition) is 6. The first-order valence-corrected chi connectivity index (χ1v) is 5.75. The first-order chi connectivity index (χ1) is 10.0. The Balaban J connectivity index is 2.11. The third-order valence-corrected chi connectivity index (χ3v) is 2.54. The Bertz CT molecular complexity index is 681. The van der Waals surface area contributed by atoms with Gasteiger partial charge in [0, 0.05) is 0 Å². The van der Waals surface area contributed by atoms with Gasteiger partial charge in [-0.25, -0.2) is 9.18 Å². The van der Waals surface area contributed by atoms with Crippen molar-refractivity contribution >= 4 is 11.7 Å². The van der Waals surface area contributed by atoms with Crippen LogP contribution in [0.25, 0.3) is 0 Å². The topological polar surface area (TPSA) is 91.8 Å². The molecule has 0 aliphatic rings. The molecule has 21 heavy (non-hydrogen) atoms. The molecule has 8 heteroatoms. The molecular formula is C13H10FNO6. The maximum Gasteiger partial charge on any atom is 0.373 e. The summed E-state index contributed by atoms with van der Waals surface area (Å²) in [5.74, 6) is -1.22. The van der Waals surface area contributed by atoms with Gasteiger partial charge in [0.05, 0.1) is 18.1 Å². The third kappa shape index (κ3) is 3.35. The number of furan rings is 1. The third-order valence-electron chi connectivity index (χ3n) is 2.54. The van der Waals surface area contributed by atoms with Crippen LogP contribution in [0.4, 0.5) is 10.1 Å². The second kappa shape index (κ2) is 6.04. The Morgan fingerprint density at radius 3 is 2.81 bits per heavy atom. The molecule has 0 spiro atoms. The van der Waals surface area contributed by atoms with Crippen molar-refractivity contribution in [3.63, 3.8) is 0 Å². The fourth-order valence-corrected chi connectivity index (χ4v) is 1.57. The molecule has 0 radical (unpaired) electrons. The minimum Gasteiger partial charge on any atom is -0.479 e. The van der Waals surface area contributed by atoms with Crippen molar-refractivity contribution in [3.05, 3.63) is 57.8 Å². The van der Waals surface area contributed by atoms with Crippen LogP contribution in [0.3, 0.4) is 0 Å². The molecule has 0 fully saturated rings. The molecule has 7 nitrogen and oxygen atoms in total. The number of rotatable bonds is 5. The standard InChI is InChI=1S/C13H10FNO6/c1-19-13(16)12-5-3-9(21-12)7-20-11-4-2-8(14)6-10(11)15(17)18/h2-6H,7H2,1H3. The van der Waals surface area contributed by atoms with E-state index < -0.39 is 22.4 Å². The molecule has 0 saturated heterocycles. The van der Waals surface area contributed by atoms with E-state index in [4.69, 9.17) is 9.15 Å². The quantitative estimate of drug-likeness (QED) is 0.478. The highest BCUT2D eigenvalue weighted by molar-refractivity contribution is 5.86. The van der Waals surface area contributed by atoms with Crippen molar-refractivity contribution in [1.29, 1.82) is 0 Å². The summed E-state index contributed by atoms with van der Waals surface area (Å²) >= 11 is 0. The van der Waals surface area contributed by atoms with Gasteiger partial charge in [0.1, 0.15) is 18.2 Å². The Labute approximate surface area is 118 Å². The summed E-state index contributed by atoms with van der Waals surface area (Å²) in [4.78, 5) is 21.2. The van der Waals surface area contributed by atoms with E-state index in [1.165, 1.54) is 19.2 Å². The van der Waals surface area contributed by atoms with Crippen molar-refractivity contribution < 1.29 is 28.0 Å². The summed E-state index contributed by atoms with van der Waals surface area (Å²) in [7, 11) is 1.21. The molecule has 2 aromatic rings. The van der Waals surface area contributed by atoms with E-state index in [-0.39, 0.29) is 23.9 Å².